The topological polar surface area (TPSA) is 51.8 Å². The predicted octanol–water partition coefficient (Wildman–Crippen LogP) is 1.91. The molecule has 0 heterocycles. The first-order valence-corrected chi connectivity index (χ1v) is 6.26. The summed E-state index contributed by atoms with van der Waals surface area (Å²) in [5, 5.41) is 6.60. The first kappa shape index (κ1) is 15.7. The molecule has 106 valence electrons. The molecule has 5 nitrogen and oxygen atoms in total. The molecule has 0 spiro atoms. The molecule has 0 saturated heterocycles. The summed E-state index contributed by atoms with van der Waals surface area (Å²) in [7, 11) is 4.78. The third-order valence-corrected chi connectivity index (χ3v) is 2.80. The van der Waals surface area contributed by atoms with Gasteiger partial charge in [0.15, 0.2) is 11.4 Å². The summed E-state index contributed by atoms with van der Waals surface area (Å²) in [5.41, 5.74) is 1.95. The van der Waals surface area contributed by atoms with Crippen LogP contribution in [0.5, 0.6) is 5.75 Å². The average Bonchev–Trinajstić information content (AvgIpc) is 2.40. The Balaban J connectivity index is 2.59. The molecule has 1 aromatic carbocycles. The van der Waals surface area contributed by atoms with Crippen LogP contribution in [-0.4, -0.2) is 39.3 Å². The Morgan fingerprint density at radius 2 is 1.95 bits per heavy atom. The molecule has 0 radical (unpaired) electrons. The van der Waals surface area contributed by atoms with Crippen molar-refractivity contribution < 1.29 is 14.2 Å². The third kappa shape index (κ3) is 5.02. The van der Waals surface area contributed by atoms with Crippen molar-refractivity contribution in [2.75, 3.05) is 33.2 Å². The summed E-state index contributed by atoms with van der Waals surface area (Å²) in [6.45, 7) is 2.47. The Hall–Kier alpha value is -1.37. The van der Waals surface area contributed by atoms with E-state index in [4.69, 9.17) is 26.4 Å². The molecule has 19 heavy (non-hydrogen) atoms. The number of methoxy groups -OCH3 is 3. The standard InChI is InChI=1S/C13H20N2O3S/c1-9-5-6-11(16-2)10(7-9)15-13(19)14-8-12(17-3)18-4/h5-7,12H,8H2,1-4H3,(H2,14,15,19). The molecule has 0 aromatic heterocycles. The SMILES string of the molecule is COc1ccc(C)cc1NC(=S)NCC(OC)OC. The van der Waals surface area contributed by atoms with Gasteiger partial charge < -0.3 is 24.8 Å². The van der Waals surface area contributed by atoms with Crippen LogP contribution >= 0.6 is 12.2 Å². The molecule has 0 fully saturated rings. The Morgan fingerprint density at radius 3 is 2.53 bits per heavy atom. The van der Waals surface area contributed by atoms with E-state index in [1.54, 1.807) is 21.3 Å². The lowest BCUT2D eigenvalue weighted by Crippen LogP contribution is -2.36. The zero-order valence-electron chi connectivity index (χ0n) is 11.6. The van der Waals surface area contributed by atoms with Crippen molar-refractivity contribution in [3.05, 3.63) is 23.8 Å². The molecule has 0 bridgehead atoms. The van der Waals surface area contributed by atoms with E-state index in [0.29, 0.717) is 11.7 Å². The lowest BCUT2D eigenvalue weighted by Gasteiger charge is -2.17. The van der Waals surface area contributed by atoms with Gasteiger partial charge in [0, 0.05) is 14.2 Å². The molecular formula is C13H20N2O3S. The lowest BCUT2D eigenvalue weighted by molar-refractivity contribution is -0.0964. The van der Waals surface area contributed by atoms with Crippen molar-refractivity contribution in [1.82, 2.24) is 5.32 Å². The minimum absolute atomic E-state index is 0.334. The minimum Gasteiger partial charge on any atom is -0.495 e. The van der Waals surface area contributed by atoms with Gasteiger partial charge in [-0.3, -0.25) is 0 Å². The number of ether oxygens (including phenoxy) is 3. The van der Waals surface area contributed by atoms with Gasteiger partial charge in [-0.2, -0.15) is 0 Å². The van der Waals surface area contributed by atoms with E-state index in [2.05, 4.69) is 10.6 Å². The van der Waals surface area contributed by atoms with E-state index in [9.17, 15) is 0 Å². The molecule has 0 saturated carbocycles. The van der Waals surface area contributed by atoms with E-state index < -0.39 is 0 Å². The van der Waals surface area contributed by atoms with Crippen molar-refractivity contribution in [1.29, 1.82) is 0 Å². The number of hydrogen-bond acceptors (Lipinski definition) is 4. The van der Waals surface area contributed by atoms with E-state index in [1.807, 2.05) is 25.1 Å². The van der Waals surface area contributed by atoms with Crippen LogP contribution in [0.2, 0.25) is 0 Å². The van der Waals surface area contributed by atoms with Crippen molar-refractivity contribution >= 4 is 23.0 Å². The second-order valence-corrected chi connectivity index (χ2v) is 4.35. The minimum atomic E-state index is -0.334. The third-order valence-electron chi connectivity index (χ3n) is 2.56. The second-order valence-electron chi connectivity index (χ2n) is 3.94. The van der Waals surface area contributed by atoms with Crippen LogP contribution in [0.25, 0.3) is 0 Å². The number of hydrogen-bond donors (Lipinski definition) is 2. The van der Waals surface area contributed by atoms with Crippen LogP contribution in [-0.2, 0) is 9.47 Å². The predicted molar refractivity (Wildman–Crippen MR) is 79.8 cm³/mol. The summed E-state index contributed by atoms with van der Waals surface area (Å²) >= 11 is 5.21. The number of anilines is 1. The molecule has 0 atom stereocenters. The first-order valence-electron chi connectivity index (χ1n) is 5.85. The van der Waals surface area contributed by atoms with Crippen molar-refractivity contribution in [3.63, 3.8) is 0 Å². The van der Waals surface area contributed by atoms with Gasteiger partial charge in [0.05, 0.1) is 19.3 Å². The maximum Gasteiger partial charge on any atom is 0.174 e. The zero-order chi connectivity index (χ0) is 14.3. The van der Waals surface area contributed by atoms with Gasteiger partial charge in [0.25, 0.3) is 0 Å². The lowest BCUT2D eigenvalue weighted by atomic mass is 10.2. The molecule has 0 amide bonds. The van der Waals surface area contributed by atoms with Gasteiger partial charge in [0.2, 0.25) is 0 Å². The Morgan fingerprint density at radius 1 is 1.26 bits per heavy atom. The summed E-state index contributed by atoms with van der Waals surface area (Å²) in [4.78, 5) is 0. The Bertz CT molecular complexity index is 422. The molecule has 1 aromatic rings. The Labute approximate surface area is 119 Å². The molecule has 6 heteroatoms. The van der Waals surface area contributed by atoms with Crippen LogP contribution < -0.4 is 15.4 Å². The number of benzene rings is 1. The molecule has 0 aliphatic carbocycles. The van der Waals surface area contributed by atoms with Gasteiger partial charge >= 0.3 is 0 Å². The Kier molecular flexibility index (Phi) is 6.55. The number of nitrogens with one attached hydrogen (secondary N) is 2. The highest BCUT2D eigenvalue weighted by molar-refractivity contribution is 7.80. The fourth-order valence-electron chi connectivity index (χ4n) is 1.52. The number of thiocarbonyl (C=S) groups is 1. The largest absolute Gasteiger partial charge is 0.495 e. The molecule has 0 aliphatic heterocycles. The van der Waals surface area contributed by atoms with E-state index in [1.165, 1.54) is 0 Å². The molecule has 0 aliphatic rings. The van der Waals surface area contributed by atoms with Crippen molar-refractivity contribution in [2.45, 2.75) is 13.2 Å². The van der Waals surface area contributed by atoms with Gasteiger partial charge in [0.1, 0.15) is 5.75 Å². The molecular weight excluding hydrogens is 264 g/mol. The van der Waals surface area contributed by atoms with E-state index in [-0.39, 0.29) is 6.29 Å². The maximum absolute atomic E-state index is 5.27. The van der Waals surface area contributed by atoms with Crippen LogP contribution in [0, 0.1) is 6.92 Å². The highest BCUT2D eigenvalue weighted by Gasteiger charge is 2.08. The summed E-state index contributed by atoms with van der Waals surface area (Å²) < 4.78 is 15.4. The van der Waals surface area contributed by atoms with Crippen LogP contribution in [0.15, 0.2) is 18.2 Å². The second kappa shape index (κ2) is 7.93. The number of aryl methyl sites for hydroxylation is 1. The highest BCUT2D eigenvalue weighted by Crippen LogP contribution is 2.24. The van der Waals surface area contributed by atoms with Gasteiger partial charge in [-0.25, -0.2) is 0 Å². The summed E-state index contributed by atoms with van der Waals surface area (Å²) in [6.07, 6.45) is -0.334. The molecule has 2 N–H and O–H groups in total. The highest BCUT2D eigenvalue weighted by atomic mass is 32.1. The van der Waals surface area contributed by atoms with E-state index in [0.717, 1.165) is 17.0 Å². The molecule has 1 rings (SSSR count). The van der Waals surface area contributed by atoms with Crippen LogP contribution in [0.1, 0.15) is 5.56 Å². The average molecular weight is 284 g/mol. The van der Waals surface area contributed by atoms with Gasteiger partial charge in [-0.05, 0) is 36.8 Å². The summed E-state index contributed by atoms with van der Waals surface area (Å²) in [5.74, 6) is 0.741. The van der Waals surface area contributed by atoms with Crippen LogP contribution in [0.4, 0.5) is 5.69 Å². The smallest absolute Gasteiger partial charge is 0.174 e. The number of rotatable bonds is 6. The van der Waals surface area contributed by atoms with Gasteiger partial charge in [-0.15, -0.1) is 0 Å². The van der Waals surface area contributed by atoms with Gasteiger partial charge in [-0.1, -0.05) is 6.07 Å². The van der Waals surface area contributed by atoms with Crippen molar-refractivity contribution in [3.8, 4) is 5.75 Å². The maximum atomic E-state index is 5.27. The van der Waals surface area contributed by atoms with Crippen LogP contribution in [0.3, 0.4) is 0 Å². The van der Waals surface area contributed by atoms with Crippen molar-refractivity contribution in [2.24, 2.45) is 0 Å². The quantitative estimate of drug-likeness (QED) is 0.615. The summed E-state index contributed by atoms with van der Waals surface area (Å²) in [6, 6.07) is 5.84. The monoisotopic (exact) mass is 284 g/mol. The zero-order valence-corrected chi connectivity index (χ0v) is 12.5. The normalized spacial score (nSPS) is 10.4. The first-order chi connectivity index (χ1) is 9.10. The molecule has 0 unspecified atom stereocenters. The fourth-order valence-corrected chi connectivity index (χ4v) is 1.72. The fraction of sp³-hybridized carbons (Fsp3) is 0.462. The van der Waals surface area contributed by atoms with E-state index >= 15 is 0 Å².